The van der Waals surface area contributed by atoms with E-state index in [0.717, 1.165) is 55.5 Å². The lowest BCUT2D eigenvalue weighted by Gasteiger charge is -2.35. The quantitative estimate of drug-likeness (QED) is 0.666. The molecule has 0 radical (unpaired) electrons. The number of hydrogen-bond donors (Lipinski definition) is 0. The molecular formula is C20H22ClN3OS. The molecule has 3 heterocycles. The van der Waals surface area contributed by atoms with Crippen LogP contribution < -0.4 is 0 Å². The minimum Gasteiger partial charge on any atom is -0.336 e. The molecule has 0 aliphatic carbocycles. The maximum Gasteiger partial charge on any atom is 0.270 e. The number of fused-ring (bicyclic) bond motifs is 1. The van der Waals surface area contributed by atoms with Crippen molar-refractivity contribution in [3.8, 4) is 0 Å². The second-order valence-corrected chi connectivity index (χ2v) is 7.96. The van der Waals surface area contributed by atoms with E-state index in [9.17, 15) is 4.79 Å². The van der Waals surface area contributed by atoms with Crippen LogP contribution in [0.2, 0.25) is 5.02 Å². The molecule has 0 spiro atoms. The summed E-state index contributed by atoms with van der Waals surface area (Å²) in [6, 6.07) is 12.1. The second-order valence-electron chi connectivity index (χ2n) is 6.60. The van der Waals surface area contributed by atoms with E-state index in [1.54, 1.807) is 11.3 Å². The smallest absolute Gasteiger partial charge is 0.270 e. The number of benzene rings is 1. The molecule has 0 bridgehead atoms. The van der Waals surface area contributed by atoms with Crippen molar-refractivity contribution >= 4 is 39.1 Å². The first-order valence-corrected chi connectivity index (χ1v) is 10.2. The lowest BCUT2D eigenvalue weighted by atomic mass is 10.2. The first kappa shape index (κ1) is 17.6. The normalized spacial score (nSPS) is 15.7. The summed E-state index contributed by atoms with van der Waals surface area (Å²) in [5.41, 5.74) is 3.13. The van der Waals surface area contributed by atoms with E-state index in [4.69, 9.17) is 11.6 Å². The van der Waals surface area contributed by atoms with Crippen molar-refractivity contribution in [3.05, 3.63) is 58.1 Å². The van der Waals surface area contributed by atoms with Crippen LogP contribution >= 0.6 is 22.9 Å². The average Bonchev–Trinajstić information content (AvgIpc) is 3.24. The molecule has 6 heteroatoms. The Bertz CT molecular complexity index is 924. The summed E-state index contributed by atoms with van der Waals surface area (Å²) in [5, 5.41) is 2.89. The van der Waals surface area contributed by atoms with E-state index in [1.807, 2.05) is 29.2 Å². The monoisotopic (exact) mass is 387 g/mol. The van der Waals surface area contributed by atoms with Crippen LogP contribution in [0.5, 0.6) is 0 Å². The lowest BCUT2D eigenvalue weighted by molar-refractivity contribution is 0.0618. The minimum absolute atomic E-state index is 0.146. The van der Waals surface area contributed by atoms with Crippen molar-refractivity contribution in [1.82, 2.24) is 14.4 Å². The third-order valence-electron chi connectivity index (χ3n) is 5.07. The zero-order valence-electron chi connectivity index (χ0n) is 14.8. The number of rotatable bonds is 4. The first-order valence-electron chi connectivity index (χ1n) is 8.99. The summed E-state index contributed by atoms with van der Waals surface area (Å²) in [7, 11) is 0. The molecule has 1 aliphatic heterocycles. The Morgan fingerprint density at radius 2 is 1.92 bits per heavy atom. The summed E-state index contributed by atoms with van der Waals surface area (Å²) < 4.78 is 3.32. The van der Waals surface area contributed by atoms with Crippen molar-refractivity contribution in [2.75, 3.05) is 26.2 Å². The van der Waals surface area contributed by atoms with Crippen molar-refractivity contribution in [2.24, 2.45) is 0 Å². The van der Waals surface area contributed by atoms with Crippen molar-refractivity contribution in [2.45, 2.75) is 20.0 Å². The van der Waals surface area contributed by atoms with Gasteiger partial charge in [-0.1, -0.05) is 29.8 Å². The summed E-state index contributed by atoms with van der Waals surface area (Å²) in [4.78, 5) is 17.4. The molecule has 0 atom stereocenters. The van der Waals surface area contributed by atoms with Gasteiger partial charge in [-0.05, 0) is 36.1 Å². The molecule has 1 aromatic carbocycles. The van der Waals surface area contributed by atoms with Crippen molar-refractivity contribution in [1.29, 1.82) is 0 Å². The molecule has 4 rings (SSSR count). The second kappa shape index (κ2) is 7.43. The molecule has 4 nitrogen and oxygen atoms in total. The number of carbonyl (C=O) groups excluding carboxylic acids is 1. The van der Waals surface area contributed by atoms with Crippen LogP contribution in [0.1, 0.15) is 23.0 Å². The van der Waals surface area contributed by atoms with Crippen LogP contribution in [0.3, 0.4) is 0 Å². The van der Waals surface area contributed by atoms with E-state index in [0.29, 0.717) is 0 Å². The van der Waals surface area contributed by atoms with Crippen LogP contribution in [0.25, 0.3) is 10.2 Å². The fourth-order valence-corrected chi connectivity index (χ4v) is 4.65. The van der Waals surface area contributed by atoms with Gasteiger partial charge in [0.25, 0.3) is 5.91 Å². The van der Waals surface area contributed by atoms with Gasteiger partial charge < -0.3 is 9.47 Å². The molecule has 1 aliphatic rings. The van der Waals surface area contributed by atoms with Gasteiger partial charge in [-0.3, -0.25) is 9.69 Å². The largest absolute Gasteiger partial charge is 0.336 e. The molecular weight excluding hydrogens is 366 g/mol. The van der Waals surface area contributed by atoms with Crippen LogP contribution in [0.15, 0.2) is 41.8 Å². The van der Waals surface area contributed by atoms with Crippen molar-refractivity contribution in [3.63, 3.8) is 0 Å². The zero-order valence-corrected chi connectivity index (χ0v) is 16.4. The Labute approximate surface area is 162 Å². The lowest BCUT2D eigenvalue weighted by Crippen LogP contribution is -2.48. The maximum absolute atomic E-state index is 13.0. The first-order chi connectivity index (χ1) is 12.7. The number of halogens is 1. The molecule has 1 saturated heterocycles. The van der Waals surface area contributed by atoms with Crippen LogP contribution in [-0.2, 0) is 13.1 Å². The molecule has 1 fully saturated rings. The number of aryl methyl sites for hydroxylation is 1. The molecule has 26 heavy (non-hydrogen) atoms. The highest BCUT2D eigenvalue weighted by atomic mass is 35.5. The topological polar surface area (TPSA) is 28.5 Å². The number of carbonyl (C=O) groups is 1. The van der Waals surface area contributed by atoms with Gasteiger partial charge in [-0.15, -0.1) is 11.3 Å². The molecule has 0 unspecified atom stereocenters. The molecule has 1 amide bonds. The Balaban J connectivity index is 1.43. The Morgan fingerprint density at radius 3 is 2.65 bits per heavy atom. The van der Waals surface area contributed by atoms with Gasteiger partial charge in [-0.25, -0.2) is 0 Å². The highest BCUT2D eigenvalue weighted by Gasteiger charge is 2.25. The summed E-state index contributed by atoms with van der Waals surface area (Å²) in [6.45, 7) is 7.00. The third kappa shape index (κ3) is 3.27. The summed E-state index contributed by atoms with van der Waals surface area (Å²) >= 11 is 7.96. The van der Waals surface area contributed by atoms with E-state index in [-0.39, 0.29) is 5.91 Å². The fraction of sp³-hybridized carbons (Fsp3) is 0.350. The standard InChI is InChI=1S/C20H22ClN3OS/c1-2-24-17-7-12-26-19(17)13-18(24)20(25)23-10-8-22(9-11-23)14-15-5-3-4-6-16(15)21/h3-7,12-13H,2,8-11,14H2,1H3. The zero-order chi connectivity index (χ0) is 18.1. The van der Waals surface area contributed by atoms with Gasteiger partial charge in [0.1, 0.15) is 5.69 Å². The van der Waals surface area contributed by atoms with Gasteiger partial charge in [-0.2, -0.15) is 0 Å². The van der Waals surface area contributed by atoms with Gasteiger partial charge >= 0.3 is 0 Å². The molecule has 0 saturated carbocycles. The average molecular weight is 388 g/mol. The number of amides is 1. The van der Waals surface area contributed by atoms with Gasteiger partial charge in [0.2, 0.25) is 0 Å². The Kier molecular flexibility index (Phi) is 5.02. The Morgan fingerprint density at radius 1 is 1.15 bits per heavy atom. The molecule has 3 aromatic rings. The predicted molar refractivity (Wildman–Crippen MR) is 108 cm³/mol. The fourth-order valence-electron chi connectivity index (χ4n) is 3.63. The highest BCUT2D eigenvalue weighted by molar-refractivity contribution is 7.17. The highest BCUT2D eigenvalue weighted by Crippen LogP contribution is 2.26. The molecule has 0 N–H and O–H groups in total. The summed E-state index contributed by atoms with van der Waals surface area (Å²) in [6.07, 6.45) is 0. The van der Waals surface area contributed by atoms with Crippen LogP contribution in [-0.4, -0.2) is 46.5 Å². The number of thiophene rings is 1. The van der Waals surface area contributed by atoms with Gasteiger partial charge in [0, 0.05) is 44.3 Å². The predicted octanol–water partition coefficient (Wildman–Crippen LogP) is 4.33. The number of piperazine rings is 1. The van der Waals surface area contributed by atoms with Gasteiger partial charge in [0.05, 0.1) is 10.2 Å². The number of aromatic nitrogens is 1. The maximum atomic E-state index is 13.0. The van der Waals surface area contributed by atoms with Crippen molar-refractivity contribution < 1.29 is 4.79 Å². The van der Waals surface area contributed by atoms with Crippen LogP contribution in [0.4, 0.5) is 0 Å². The summed E-state index contributed by atoms with van der Waals surface area (Å²) in [5.74, 6) is 0.146. The van der Waals surface area contributed by atoms with Crippen LogP contribution in [0, 0.1) is 0 Å². The van der Waals surface area contributed by atoms with E-state index >= 15 is 0 Å². The SMILES string of the molecule is CCn1c(C(=O)N2CCN(Cc3ccccc3Cl)CC2)cc2sccc21. The third-order valence-corrected chi connectivity index (χ3v) is 6.29. The molecule has 2 aromatic heterocycles. The van der Waals surface area contributed by atoms with E-state index in [1.165, 1.54) is 10.2 Å². The minimum atomic E-state index is 0.146. The van der Waals surface area contributed by atoms with E-state index in [2.05, 4.69) is 33.9 Å². The number of hydrogen-bond acceptors (Lipinski definition) is 3. The van der Waals surface area contributed by atoms with E-state index < -0.39 is 0 Å². The Hall–Kier alpha value is -1.82. The number of nitrogens with zero attached hydrogens (tertiary/aromatic N) is 3. The van der Waals surface area contributed by atoms with Gasteiger partial charge in [0.15, 0.2) is 0 Å². The molecule has 136 valence electrons.